The van der Waals surface area contributed by atoms with Crippen LogP contribution in [0, 0.1) is 5.92 Å². The lowest BCUT2D eigenvalue weighted by molar-refractivity contribution is -0.149. The number of aromatic nitrogens is 4. The summed E-state index contributed by atoms with van der Waals surface area (Å²) < 4.78 is 7.86. The zero-order valence-corrected chi connectivity index (χ0v) is 18.4. The van der Waals surface area contributed by atoms with Gasteiger partial charge >= 0.3 is 5.97 Å². The fourth-order valence-electron chi connectivity index (χ4n) is 3.86. The molecule has 3 aromatic rings. The molecule has 4 rings (SSSR count). The normalized spacial score (nSPS) is 18.9. The van der Waals surface area contributed by atoms with Gasteiger partial charge in [-0.15, -0.1) is 0 Å². The van der Waals surface area contributed by atoms with Crippen LogP contribution in [0.15, 0.2) is 41.3 Å². The van der Waals surface area contributed by atoms with E-state index in [2.05, 4.69) is 36.6 Å². The van der Waals surface area contributed by atoms with Crippen LogP contribution in [-0.2, 0) is 16.1 Å². The number of hydrogen-bond donors (Lipinski definition) is 2. The number of carbonyl (C=O) groups excluding carboxylic acids is 1. The van der Waals surface area contributed by atoms with Gasteiger partial charge in [0.2, 0.25) is 0 Å². The fourth-order valence-corrected chi connectivity index (χ4v) is 4.20. The molecule has 2 atom stereocenters. The molecule has 0 amide bonds. The summed E-state index contributed by atoms with van der Waals surface area (Å²) in [6, 6.07) is 5.86. The van der Waals surface area contributed by atoms with Crippen LogP contribution < -0.4 is 10.6 Å². The predicted octanol–water partition coefficient (Wildman–Crippen LogP) is 4.03. The first-order valence-corrected chi connectivity index (χ1v) is 11.0. The molecule has 3 aromatic heterocycles. The van der Waals surface area contributed by atoms with Gasteiger partial charge in [0.1, 0.15) is 11.6 Å². The van der Waals surface area contributed by atoms with Crippen molar-refractivity contribution in [3.63, 3.8) is 0 Å². The number of ether oxygens (including phenoxy) is 1. The van der Waals surface area contributed by atoms with E-state index in [1.54, 1.807) is 16.9 Å². The van der Waals surface area contributed by atoms with Crippen LogP contribution in [0.1, 0.15) is 38.2 Å². The first-order chi connectivity index (χ1) is 14.7. The Bertz CT molecular complexity index is 1010. The largest absolute Gasteiger partial charge is 0.466 e. The smallest absolute Gasteiger partial charge is 0.311 e. The molecule has 1 saturated carbocycles. The highest BCUT2D eigenvalue weighted by molar-refractivity contribution is 9.10. The van der Waals surface area contributed by atoms with Crippen molar-refractivity contribution >= 4 is 39.2 Å². The minimum absolute atomic E-state index is 0.000574. The summed E-state index contributed by atoms with van der Waals surface area (Å²) in [6.45, 7) is 2.85. The Balaban J connectivity index is 1.59. The molecule has 1 fully saturated rings. The van der Waals surface area contributed by atoms with Crippen molar-refractivity contribution in [3.8, 4) is 0 Å². The van der Waals surface area contributed by atoms with E-state index in [-0.39, 0.29) is 17.9 Å². The molecule has 3 heterocycles. The van der Waals surface area contributed by atoms with Gasteiger partial charge in [-0.25, -0.2) is 4.98 Å². The van der Waals surface area contributed by atoms with Gasteiger partial charge in [0.25, 0.3) is 0 Å². The number of anilines is 2. The van der Waals surface area contributed by atoms with Crippen molar-refractivity contribution in [3.05, 3.63) is 46.8 Å². The van der Waals surface area contributed by atoms with Crippen LogP contribution in [0.2, 0.25) is 0 Å². The van der Waals surface area contributed by atoms with Crippen LogP contribution in [0.25, 0.3) is 5.65 Å². The fraction of sp³-hybridized carbons (Fsp3) is 0.429. The highest BCUT2D eigenvalue weighted by atomic mass is 79.9. The lowest BCUT2D eigenvalue weighted by Gasteiger charge is -2.31. The first-order valence-electron chi connectivity index (χ1n) is 10.3. The van der Waals surface area contributed by atoms with E-state index in [0.717, 1.165) is 41.5 Å². The molecule has 30 heavy (non-hydrogen) atoms. The zero-order valence-electron chi connectivity index (χ0n) is 16.8. The number of pyridine rings is 1. The van der Waals surface area contributed by atoms with Crippen molar-refractivity contribution in [2.24, 2.45) is 5.92 Å². The lowest BCUT2D eigenvalue weighted by Crippen LogP contribution is -2.38. The van der Waals surface area contributed by atoms with E-state index in [4.69, 9.17) is 9.72 Å². The first kappa shape index (κ1) is 20.6. The number of nitrogens with one attached hydrogen (secondary N) is 2. The summed E-state index contributed by atoms with van der Waals surface area (Å²) >= 11 is 3.53. The molecule has 9 heteroatoms. The maximum Gasteiger partial charge on any atom is 0.311 e. The van der Waals surface area contributed by atoms with Gasteiger partial charge in [0, 0.05) is 31.0 Å². The maximum atomic E-state index is 12.4. The molecule has 0 aromatic carbocycles. The second-order valence-corrected chi connectivity index (χ2v) is 8.22. The number of esters is 1. The Labute approximate surface area is 183 Å². The van der Waals surface area contributed by atoms with E-state index in [0.29, 0.717) is 24.6 Å². The molecular formula is C21H25BrN6O2. The number of hydrogen-bond acceptors (Lipinski definition) is 7. The summed E-state index contributed by atoms with van der Waals surface area (Å²) in [6.07, 6.45) is 9.18. The monoisotopic (exact) mass is 472 g/mol. The third kappa shape index (κ3) is 4.56. The Morgan fingerprint density at radius 1 is 1.33 bits per heavy atom. The molecule has 8 nitrogen and oxygen atoms in total. The molecule has 0 unspecified atom stereocenters. The summed E-state index contributed by atoms with van der Waals surface area (Å²) in [5.74, 6) is 1.23. The van der Waals surface area contributed by atoms with Crippen molar-refractivity contribution < 1.29 is 9.53 Å². The quantitative estimate of drug-likeness (QED) is 0.501. The predicted molar refractivity (Wildman–Crippen MR) is 118 cm³/mol. The van der Waals surface area contributed by atoms with Crippen molar-refractivity contribution in [2.75, 3.05) is 17.2 Å². The Kier molecular flexibility index (Phi) is 6.47. The summed E-state index contributed by atoms with van der Waals surface area (Å²) in [7, 11) is 0. The van der Waals surface area contributed by atoms with Gasteiger partial charge in [-0.2, -0.15) is 9.61 Å². The molecule has 0 bridgehead atoms. The van der Waals surface area contributed by atoms with Crippen molar-refractivity contribution in [1.82, 2.24) is 19.6 Å². The van der Waals surface area contributed by atoms with Crippen molar-refractivity contribution in [1.29, 1.82) is 0 Å². The number of halogens is 1. The van der Waals surface area contributed by atoms with Gasteiger partial charge in [0.15, 0.2) is 5.65 Å². The van der Waals surface area contributed by atoms with Gasteiger partial charge < -0.3 is 15.4 Å². The van der Waals surface area contributed by atoms with Crippen LogP contribution in [-0.4, -0.2) is 38.2 Å². The van der Waals surface area contributed by atoms with E-state index in [9.17, 15) is 4.79 Å². The summed E-state index contributed by atoms with van der Waals surface area (Å²) in [4.78, 5) is 21.3. The standard InChI is InChI=1S/C21H25BrN6O2/c1-2-30-21(29)15-7-3-4-8-17(15)26-18-10-19(24-12-14-6-5-9-23-11-14)28-20(27-18)16(22)13-25-28/h5-6,9-11,13,15,17,24H,2-4,7-8,12H2,1H3,(H,26,27)/t15-,17-/m1/s1. The van der Waals surface area contributed by atoms with Gasteiger partial charge in [0.05, 0.1) is 23.2 Å². The number of nitrogens with zero attached hydrogens (tertiary/aromatic N) is 4. The van der Waals surface area contributed by atoms with Crippen LogP contribution in [0.4, 0.5) is 11.6 Å². The number of carbonyl (C=O) groups is 1. The van der Waals surface area contributed by atoms with Crippen LogP contribution in [0.5, 0.6) is 0 Å². The maximum absolute atomic E-state index is 12.4. The van der Waals surface area contributed by atoms with Gasteiger partial charge in [-0.1, -0.05) is 18.9 Å². The highest BCUT2D eigenvalue weighted by Gasteiger charge is 2.32. The van der Waals surface area contributed by atoms with E-state index >= 15 is 0 Å². The molecule has 2 N–H and O–H groups in total. The number of rotatable bonds is 7. The molecule has 0 spiro atoms. The Morgan fingerprint density at radius 2 is 2.20 bits per heavy atom. The topological polar surface area (TPSA) is 93.4 Å². The average molecular weight is 473 g/mol. The van der Waals surface area contributed by atoms with Crippen LogP contribution >= 0.6 is 15.9 Å². The molecule has 158 valence electrons. The Morgan fingerprint density at radius 3 is 3.00 bits per heavy atom. The van der Waals surface area contributed by atoms with E-state index < -0.39 is 0 Å². The average Bonchev–Trinajstić information content (AvgIpc) is 3.14. The Hall–Kier alpha value is -2.68. The lowest BCUT2D eigenvalue weighted by atomic mass is 9.84. The summed E-state index contributed by atoms with van der Waals surface area (Å²) in [5.41, 5.74) is 1.77. The second kappa shape index (κ2) is 9.42. The molecule has 0 aliphatic heterocycles. The van der Waals surface area contributed by atoms with Gasteiger partial charge in [-0.3, -0.25) is 9.78 Å². The third-order valence-electron chi connectivity index (χ3n) is 5.31. The molecule has 0 saturated heterocycles. The van der Waals surface area contributed by atoms with E-state index in [1.807, 2.05) is 31.3 Å². The minimum atomic E-state index is -0.156. The molecule has 1 aliphatic rings. The van der Waals surface area contributed by atoms with Crippen molar-refractivity contribution in [2.45, 2.75) is 45.2 Å². The van der Waals surface area contributed by atoms with E-state index in [1.165, 1.54) is 0 Å². The summed E-state index contributed by atoms with van der Waals surface area (Å²) in [5, 5.41) is 11.3. The molecule has 1 aliphatic carbocycles. The molecule has 0 radical (unpaired) electrons. The van der Waals surface area contributed by atoms with Gasteiger partial charge in [-0.05, 0) is 47.3 Å². The SMILES string of the molecule is CCOC(=O)[C@@H]1CCCC[C@H]1Nc1cc(NCc2cccnc2)n2ncc(Br)c2n1. The van der Waals surface area contributed by atoms with Crippen LogP contribution in [0.3, 0.4) is 0 Å². The molecular weight excluding hydrogens is 448 g/mol. The number of fused-ring (bicyclic) bond motifs is 1. The minimum Gasteiger partial charge on any atom is -0.466 e. The third-order valence-corrected chi connectivity index (χ3v) is 5.87. The zero-order chi connectivity index (χ0) is 20.9. The second-order valence-electron chi connectivity index (χ2n) is 7.36. The highest BCUT2D eigenvalue weighted by Crippen LogP contribution is 2.30.